The van der Waals surface area contributed by atoms with Crippen molar-refractivity contribution in [2.45, 2.75) is 92.9 Å². The predicted octanol–water partition coefficient (Wildman–Crippen LogP) is 10.7. The molecule has 0 nitrogen and oxygen atoms in total. The molecule has 33 heavy (non-hydrogen) atoms. The molecule has 1 unspecified atom stereocenters. The van der Waals surface area contributed by atoms with Crippen molar-refractivity contribution in [2.75, 3.05) is 0 Å². The Hall–Kier alpha value is -2.15. The molecule has 0 saturated carbocycles. The van der Waals surface area contributed by atoms with E-state index in [9.17, 15) is 4.39 Å². The van der Waals surface area contributed by atoms with Crippen molar-refractivity contribution < 1.29 is 4.39 Å². The number of allylic oxidation sites excluding steroid dienone is 15. The molecule has 182 valence electrons. The van der Waals surface area contributed by atoms with Crippen molar-refractivity contribution in [3.63, 3.8) is 0 Å². The van der Waals surface area contributed by atoms with Crippen LogP contribution in [0, 0.1) is 11.8 Å². The molecule has 0 aliphatic heterocycles. The van der Waals surface area contributed by atoms with Crippen molar-refractivity contribution in [1.29, 1.82) is 0 Å². The Bertz CT molecular complexity index is 819. The maximum absolute atomic E-state index is 14.5. The lowest BCUT2D eigenvalue weighted by molar-refractivity contribution is 0.418. The molecule has 1 aliphatic rings. The molecule has 0 saturated heterocycles. The van der Waals surface area contributed by atoms with Gasteiger partial charge in [-0.15, -0.1) is 0 Å². The van der Waals surface area contributed by atoms with Gasteiger partial charge in [-0.25, -0.2) is 4.39 Å². The SMILES string of the molecule is C=C(/C=C\C(=C/C)CC)C1=CC=C(C/C=C\C(=C/C)C(C)CCCC(CC)CC)C=C(F)C1. The van der Waals surface area contributed by atoms with Gasteiger partial charge in [0.1, 0.15) is 5.83 Å². The van der Waals surface area contributed by atoms with Gasteiger partial charge in [-0.2, -0.15) is 0 Å². The van der Waals surface area contributed by atoms with Crippen LogP contribution in [-0.2, 0) is 0 Å². The summed E-state index contributed by atoms with van der Waals surface area (Å²) in [7, 11) is 0. The Morgan fingerprint density at radius 1 is 1.03 bits per heavy atom. The van der Waals surface area contributed by atoms with E-state index in [1.165, 1.54) is 43.3 Å². The van der Waals surface area contributed by atoms with Crippen molar-refractivity contribution in [2.24, 2.45) is 11.8 Å². The Balaban J connectivity index is 2.74. The van der Waals surface area contributed by atoms with Gasteiger partial charge in [0.25, 0.3) is 0 Å². The molecule has 0 aromatic carbocycles. The Morgan fingerprint density at radius 3 is 2.36 bits per heavy atom. The lowest BCUT2D eigenvalue weighted by Gasteiger charge is -2.16. The zero-order chi connectivity index (χ0) is 24.6. The maximum atomic E-state index is 14.5. The van der Waals surface area contributed by atoms with E-state index in [0.717, 1.165) is 35.5 Å². The summed E-state index contributed by atoms with van der Waals surface area (Å²) < 4.78 is 14.5. The van der Waals surface area contributed by atoms with Gasteiger partial charge in [0.05, 0.1) is 0 Å². The molecule has 1 atom stereocenters. The highest BCUT2D eigenvalue weighted by atomic mass is 19.1. The van der Waals surface area contributed by atoms with E-state index < -0.39 is 0 Å². The fourth-order valence-electron chi connectivity index (χ4n) is 4.28. The smallest absolute Gasteiger partial charge is 0.105 e. The van der Waals surface area contributed by atoms with Gasteiger partial charge in [-0.3, -0.25) is 0 Å². The highest BCUT2D eigenvalue weighted by molar-refractivity contribution is 5.47. The summed E-state index contributed by atoms with van der Waals surface area (Å²) >= 11 is 0. The minimum Gasteiger partial charge on any atom is -0.211 e. The third-order valence-electron chi connectivity index (χ3n) is 6.86. The fourth-order valence-corrected chi connectivity index (χ4v) is 4.28. The molecule has 0 fully saturated rings. The van der Waals surface area contributed by atoms with Crippen molar-refractivity contribution in [3.05, 3.63) is 95.0 Å². The van der Waals surface area contributed by atoms with Crippen LogP contribution in [0.15, 0.2) is 95.0 Å². The number of rotatable bonds is 14. The molecule has 1 rings (SSSR count). The predicted molar refractivity (Wildman–Crippen MR) is 147 cm³/mol. The van der Waals surface area contributed by atoms with Crippen LogP contribution in [0.5, 0.6) is 0 Å². The first-order valence-electron chi connectivity index (χ1n) is 13.0. The minimum atomic E-state index is -0.101. The normalized spacial score (nSPS) is 16.8. The van der Waals surface area contributed by atoms with Gasteiger partial charge in [0.15, 0.2) is 0 Å². The molecule has 0 radical (unpaired) electrons. The van der Waals surface area contributed by atoms with E-state index in [2.05, 4.69) is 71.6 Å². The van der Waals surface area contributed by atoms with Crippen LogP contribution in [0.1, 0.15) is 92.9 Å². The maximum Gasteiger partial charge on any atom is 0.105 e. The van der Waals surface area contributed by atoms with Crippen molar-refractivity contribution >= 4 is 0 Å². The van der Waals surface area contributed by atoms with Crippen LogP contribution in [0.3, 0.4) is 0 Å². The van der Waals surface area contributed by atoms with Crippen LogP contribution in [0.25, 0.3) is 0 Å². The van der Waals surface area contributed by atoms with Crippen molar-refractivity contribution in [3.8, 4) is 0 Å². The van der Waals surface area contributed by atoms with Gasteiger partial charge < -0.3 is 0 Å². The average Bonchev–Trinajstić information content (AvgIpc) is 3.01. The molecule has 0 spiro atoms. The number of halogens is 1. The van der Waals surface area contributed by atoms with Crippen LogP contribution in [0.4, 0.5) is 4.39 Å². The Kier molecular flexibility index (Phi) is 14.4. The molecular weight excluding hydrogens is 403 g/mol. The first-order valence-corrected chi connectivity index (χ1v) is 13.0. The summed E-state index contributed by atoms with van der Waals surface area (Å²) in [6.45, 7) is 17.4. The quantitative estimate of drug-likeness (QED) is 0.231. The number of hydrogen-bond donors (Lipinski definition) is 0. The third kappa shape index (κ3) is 11.0. The Labute approximate surface area is 204 Å². The van der Waals surface area contributed by atoms with E-state index >= 15 is 0 Å². The summed E-state index contributed by atoms with van der Waals surface area (Å²) in [6, 6.07) is 0. The van der Waals surface area contributed by atoms with Gasteiger partial charge in [0, 0.05) is 6.42 Å². The molecule has 1 aliphatic carbocycles. The summed E-state index contributed by atoms with van der Waals surface area (Å²) in [6.07, 6.45) is 27.0. The molecule has 0 aromatic heterocycles. The second-order valence-electron chi connectivity index (χ2n) is 9.19. The summed E-state index contributed by atoms with van der Waals surface area (Å²) in [5, 5.41) is 0. The summed E-state index contributed by atoms with van der Waals surface area (Å²) in [5.41, 5.74) is 5.44. The Morgan fingerprint density at radius 2 is 1.76 bits per heavy atom. The van der Waals surface area contributed by atoms with Crippen LogP contribution in [-0.4, -0.2) is 0 Å². The van der Waals surface area contributed by atoms with Gasteiger partial charge in [-0.1, -0.05) is 114 Å². The van der Waals surface area contributed by atoms with Gasteiger partial charge >= 0.3 is 0 Å². The van der Waals surface area contributed by atoms with E-state index in [1.807, 2.05) is 25.2 Å². The molecule has 0 N–H and O–H groups in total. The van der Waals surface area contributed by atoms with Crippen LogP contribution < -0.4 is 0 Å². The summed E-state index contributed by atoms with van der Waals surface area (Å²) in [4.78, 5) is 0. The topological polar surface area (TPSA) is 0 Å². The monoisotopic (exact) mass is 450 g/mol. The van der Waals surface area contributed by atoms with E-state index in [4.69, 9.17) is 0 Å². The molecule has 0 aromatic rings. The summed E-state index contributed by atoms with van der Waals surface area (Å²) in [5.74, 6) is 1.32. The highest BCUT2D eigenvalue weighted by Crippen LogP contribution is 2.27. The molecule has 0 amide bonds. The second-order valence-corrected chi connectivity index (χ2v) is 9.19. The molecule has 1 heteroatoms. The minimum absolute atomic E-state index is 0.101. The van der Waals surface area contributed by atoms with Crippen molar-refractivity contribution in [1.82, 2.24) is 0 Å². The lowest BCUT2D eigenvalue weighted by atomic mass is 9.90. The van der Waals surface area contributed by atoms with E-state index in [-0.39, 0.29) is 5.83 Å². The third-order valence-corrected chi connectivity index (χ3v) is 6.86. The average molecular weight is 451 g/mol. The number of hydrogen-bond acceptors (Lipinski definition) is 0. The van der Waals surface area contributed by atoms with Crippen LogP contribution >= 0.6 is 0 Å². The second kappa shape index (κ2) is 16.5. The standard InChI is InChI=1S/C32H47F/c1-8-27(9-2)16-13-15-25(6)30(12-5)18-14-17-29-21-22-31(24-32(33)23-29)26(7)19-20-28(10-3)11-4/h10,12,14,18-23,25,27H,7-9,11,13,15-17,24H2,1-6H3/b18-14-,20-19-,28-10-,30-12+. The highest BCUT2D eigenvalue weighted by Gasteiger charge is 2.10. The molecular formula is C32H47F. The largest absolute Gasteiger partial charge is 0.211 e. The first-order chi connectivity index (χ1) is 15.9. The van der Waals surface area contributed by atoms with E-state index in [1.54, 1.807) is 6.08 Å². The fraction of sp³-hybridized carbons (Fsp3) is 0.500. The zero-order valence-electron chi connectivity index (χ0n) is 22.1. The molecule has 0 bridgehead atoms. The van der Waals surface area contributed by atoms with Gasteiger partial charge in [0.2, 0.25) is 0 Å². The zero-order valence-corrected chi connectivity index (χ0v) is 22.1. The first kappa shape index (κ1) is 28.9. The lowest BCUT2D eigenvalue weighted by Crippen LogP contribution is -2.01. The van der Waals surface area contributed by atoms with Gasteiger partial charge in [-0.05, 0) is 73.3 Å². The van der Waals surface area contributed by atoms with Crippen LogP contribution in [0.2, 0.25) is 0 Å². The molecule has 0 heterocycles. The van der Waals surface area contributed by atoms with E-state index in [0.29, 0.717) is 12.3 Å².